The predicted octanol–water partition coefficient (Wildman–Crippen LogP) is 0.637. The van der Waals surface area contributed by atoms with Gasteiger partial charge in [-0.1, -0.05) is 0 Å². The fourth-order valence-corrected chi connectivity index (χ4v) is 4.89. The second-order valence-corrected chi connectivity index (χ2v) is 10.5. The van der Waals surface area contributed by atoms with Crippen LogP contribution in [0.5, 0.6) is 0 Å². The monoisotopic (exact) mass is 429 g/mol. The van der Waals surface area contributed by atoms with Crippen molar-refractivity contribution in [3.63, 3.8) is 0 Å². The molecule has 1 atom stereocenters. The van der Waals surface area contributed by atoms with E-state index in [4.69, 9.17) is 20.9 Å². The van der Waals surface area contributed by atoms with E-state index in [9.17, 15) is 13.2 Å². The fourth-order valence-electron chi connectivity index (χ4n) is 3.25. The molecule has 0 aliphatic carbocycles. The van der Waals surface area contributed by atoms with Crippen LogP contribution in [0, 0.1) is 5.92 Å². The number of carbonyl (C=O) groups is 1. The summed E-state index contributed by atoms with van der Waals surface area (Å²) in [5.41, 5.74) is -0.439. The van der Waals surface area contributed by atoms with Gasteiger partial charge in [-0.2, -0.15) is 0 Å². The lowest BCUT2D eigenvalue weighted by Gasteiger charge is -2.32. The molecule has 3 rings (SSSR count). The zero-order valence-corrected chi connectivity index (χ0v) is 18.1. The molecule has 8 nitrogen and oxygen atoms in total. The van der Waals surface area contributed by atoms with Crippen LogP contribution in [-0.4, -0.2) is 72.2 Å². The van der Waals surface area contributed by atoms with Crippen LogP contribution in [0.3, 0.4) is 0 Å². The summed E-state index contributed by atoms with van der Waals surface area (Å²) in [7, 11) is -4.31. The van der Waals surface area contributed by atoms with Crippen LogP contribution in [0.4, 0.5) is 0 Å². The number of hydrogen-bond donors (Lipinski definition) is 0. The molecule has 2 fully saturated rings. The highest BCUT2D eigenvalue weighted by atomic mass is 35.5. The molecule has 1 aromatic rings. The van der Waals surface area contributed by atoms with Crippen LogP contribution in [0.15, 0.2) is 17.6 Å². The highest BCUT2D eigenvalue weighted by Crippen LogP contribution is 2.36. The van der Waals surface area contributed by atoms with Crippen molar-refractivity contribution in [2.24, 2.45) is 5.92 Å². The van der Waals surface area contributed by atoms with Gasteiger partial charge in [0.05, 0.1) is 17.0 Å². The van der Waals surface area contributed by atoms with E-state index in [1.807, 2.05) is 27.7 Å². The summed E-state index contributed by atoms with van der Waals surface area (Å²) in [6.45, 7) is 8.66. The first kappa shape index (κ1) is 21.5. The second kappa shape index (κ2) is 7.55. The van der Waals surface area contributed by atoms with Crippen molar-refractivity contribution in [2.45, 2.75) is 50.5 Å². The number of rotatable bonds is 5. The Morgan fingerprint density at radius 1 is 1.25 bits per heavy atom. The van der Waals surface area contributed by atoms with Crippen LogP contribution in [0.1, 0.15) is 34.1 Å². The van der Waals surface area contributed by atoms with Gasteiger partial charge >= 0.3 is 7.12 Å². The molecule has 11 heteroatoms. The SMILES string of the molecule is CC1(C)OB(c2cnc(S(=O)(=O)CC3CCN(C(=O)CCl)C3)nc2)OC1(C)C. The second-order valence-electron chi connectivity index (χ2n) is 8.30. The summed E-state index contributed by atoms with van der Waals surface area (Å²) < 4.78 is 37.2. The first-order chi connectivity index (χ1) is 12.9. The molecule has 0 N–H and O–H groups in total. The summed E-state index contributed by atoms with van der Waals surface area (Å²) >= 11 is 5.56. The van der Waals surface area contributed by atoms with Crippen molar-refractivity contribution in [3.05, 3.63) is 12.4 Å². The van der Waals surface area contributed by atoms with E-state index >= 15 is 0 Å². The average Bonchev–Trinajstić information content (AvgIpc) is 3.15. The maximum absolute atomic E-state index is 12.7. The molecule has 0 bridgehead atoms. The quantitative estimate of drug-likeness (QED) is 0.385. The molecule has 2 aliphatic rings. The largest absolute Gasteiger partial charge is 0.498 e. The summed E-state index contributed by atoms with van der Waals surface area (Å²) in [6, 6.07) is 0. The number of carbonyl (C=O) groups excluding carboxylic acids is 1. The van der Waals surface area contributed by atoms with Crippen molar-refractivity contribution in [3.8, 4) is 0 Å². The predicted molar refractivity (Wildman–Crippen MR) is 105 cm³/mol. The minimum Gasteiger partial charge on any atom is -0.399 e. The van der Waals surface area contributed by atoms with Crippen molar-refractivity contribution in [1.29, 1.82) is 0 Å². The third kappa shape index (κ3) is 4.20. The molecule has 0 saturated carbocycles. The summed E-state index contributed by atoms with van der Waals surface area (Å²) in [6.07, 6.45) is 3.48. The highest BCUT2D eigenvalue weighted by molar-refractivity contribution is 7.91. The van der Waals surface area contributed by atoms with Gasteiger partial charge in [0.15, 0.2) is 0 Å². The van der Waals surface area contributed by atoms with Crippen LogP contribution >= 0.6 is 11.6 Å². The van der Waals surface area contributed by atoms with Crippen molar-refractivity contribution in [2.75, 3.05) is 24.7 Å². The number of halogens is 1. The molecule has 28 heavy (non-hydrogen) atoms. The van der Waals surface area contributed by atoms with Gasteiger partial charge in [0.2, 0.25) is 20.9 Å². The lowest BCUT2D eigenvalue weighted by atomic mass is 9.81. The summed E-state index contributed by atoms with van der Waals surface area (Å²) in [5, 5.41) is -0.227. The number of sulfone groups is 1. The first-order valence-electron chi connectivity index (χ1n) is 9.19. The zero-order valence-electron chi connectivity index (χ0n) is 16.5. The Balaban J connectivity index is 1.67. The van der Waals surface area contributed by atoms with E-state index in [2.05, 4.69) is 9.97 Å². The maximum Gasteiger partial charge on any atom is 0.498 e. The fraction of sp³-hybridized carbons (Fsp3) is 0.706. The first-order valence-corrected chi connectivity index (χ1v) is 11.4. The molecule has 0 radical (unpaired) electrons. The van der Waals surface area contributed by atoms with E-state index in [0.29, 0.717) is 25.0 Å². The Bertz CT molecular complexity index is 831. The molecule has 0 aromatic carbocycles. The number of alkyl halides is 1. The number of amides is 1. The molecule has 154 valence electrons. The van der Waals surface area contributed by atoms with E-state index in [-0.39, 0.29) is 28.6 Å². The van der Waals surface area contributed by atoms with Crippen molar-refractivity contribution < 1.29 is 22.5 Å². The van der Waals surface area contributed by atoms with Gasteiger partial charge in [-0.15, -0.1) is 11.6 Å². The third-order valence-corrected chi connectivity index (χ3v) is 7.57. The minimum absolute atomic E-state index is 0.0943. The van der Waals surface area contributed by atoms with Gasteiger partial charge in [-0.05, 0) is 40.0 Å². The lowest BCUT2D eigenvalue weighted by molar-refractivity contribution is -0.127. The van der Waals surface area contributed by atoms with Crippen molar-refractivity contribution >= 4 is 39.9 Å². The standard InChI is InChI=1S/C17H25BClN3O5S/c1-16(2)17(3,4)27-18(26-16)13-8-20-15(21-9-13)28(24,25)11-12-5-6-22(10-12)14(23)7-19/h8-9,12H,5-7,10-11H2,1-4H3. The summed E-state index contributed by atoms with van der Waals surface area (Å²) in [4.78, 5) is 21.3. The number of aromatic nitrogens is 2. The van der Waals surface area contributed by atoms with E-state index in [0.717, 1.165) is 0 Å². The molecule has 1 amide bonds. The van der Waals surface area contributed by atoms with Crippen LogP contribution in [0.25, 0.3) is 0 Å². The number of nitrogens with zero attached hydrogens (tertiary/aromatic N) is 3. The Labute approximate surface area is 171 Å². The maximum atomic E-state index is 12.7. The summed E-state index contributed by atoms with van der Waals surface area (Å²) in [5.74, 6) is -0.522. The van der Waals surface area contributed by atoms with Gasteiger partial charge in [0.25, 0.3) is 0 Å². The topological polar surface area (TPSA) is 98.7 Å². The third-order valence-electron chi connectivity index (χ3n) is 5.66. The zero-order chi connectivity index (χ0) is 20.7. The molecule has 2 aliphatic heterocycles. The Kier molecular flexibility index (Phi) is 5.79. The molecular formula is C17H25BClN3O5S. The van der Waals surface area contributed by atoms with Crippen molar-refractivity contribution in [1.82, 2.24) is 14.9 Å². The molecular weight excluding hydrogens is 405 g/mol. The molecule has 3 heterocycles. The van der Waals surface area contributed by atoms with Gasteiger partial charge in [0.1, 0.15) is 5.88 Å². The van der Waals surface area contributed by atoms with Gasteiger partial charge in [0, 0.05) is 30.9 Å². The van der Waals surface area contributed by atoms with Gasteiger partial charge in [-0.25, -0.2) is 18.4 Å². The molecule has 1 aromatic heterocycles. The Morgan fingerprint density at radius 3 is 2.36 bits per heavy atom. The minimum atomic E-state index is -3.66. The Hall–Kier alpha value is -1.23. The number of hydrogen-bond acceptors (Lipinski definition) is 7. The lowest BCUT2D eigenvalue weighted by Crippen LogP contribution is -2.41. The molecule has 0 spiro atoms. The van der Waals surface area contributed by atoms with E-state index in [1.165, 1.54) is 12.4 Å². The smallest absolute Gasteiger partial charge is 0.399 e. The van der Waals surface area contributed by atoms with E-state index in [1.54, 1.807) is 4.90 Å². The van der Waals surface area contributed by atoms with Gasteiger partial charge < -0.3 is 14.2 Å². The van der Waals surface area contributed by atoms with Gasteiger partial charge in [-0.3, -0.25) is 4.79 Å². The highest BCUT2D eigenvalue weighted by Gasteiger charge is 2.52. The molecule has 2 saturated heterocycles. The normalized spacial score (nSPS) is 24.0. The Morgan fingerprint density at radius 2 is 1.82 bits per heavy atom. The van der Waals surface area contributed by atoms with E-state index < -0.39 is 28.2 Å². The number of likely N-dealkylation sites (tertiary alicyclic amines) is 1. The van der Waals surface area contributed by atoms with Crippen LogP contribution in [-0.2, 0) is 23.9 Å². The van der Waals surface area contributed by atoms with Crippen LogP contribution < -0.4 is 5.46 Å². The molecule has 1 unspecified atom stereocenters. The van der Waals surface area contributed by atoms with Crippen LogP contribution in [0.2, 0.25) is 0 Å². The average molecular weight is 430 g/mol.